The fourth-order valence-corrected chi connectivity index (χ4v) is 1.70. The zero-order valence-electron chi connectivity index (χ0n) is 7.91. The molecule has 3 nitrogen and oxygen atoms in total. The normalized spacial score (nSPS) is 10.8. The Morgan fingerprint density at radius 1 is 1.50 bits per heavy atom. The smallest absolute Gasteiger partial charge is 0.150 e. The Bertz CT molecular complexity index is 516. The number of hydrogen-bond acceptors (Lipinski definition) is 2. The molecular formula is C10H9FN2O. The fourth-order valence-electron chi connectivity index (χ4n) is 1.70. The van der Waals surface area contributed by atoms with Crippen molar-refractivity contribution in [2.24, 2.45) is 7.05 Å². The number of benzene rings is 1. The maximum Gasteiger partial charge on any atom is 0.150 e. The van der Waals surface area contributed by atoms with Crippen LogP contribution in [-0.2, 0) is 7.05 Å². The summed E-state index contributed by atoms with van der Waals surface area (Å²) in [5.41, 5.74) is 1.53. The molecular weight excluding hydrogens is 183 g/mol. The lowest BCUT2D eigenvalue weighted by molar-refractivity contribution is 0.112. The second-order valence-electron chi connectivity index (χ2n) is 3.19. The number of carbonyl (C=O) groups excluding carboxylic acids is 1. The van der Waals surface area contributed by atoms with Crippen molar-refractivity contribution in [3.63, 3.8) is 0 Å². The summed E-state index contributed by atoms with van der Waals surface area (Å²) in [7, 11) is 1.66. The number of halogens is 1. The van der Waals surface area contributed by atoms with E-state index in [-0.39, 0.29) is 5.82 Å². The Labute approximate surface area is 80.1 Å². The van der Waals surface area contributed by atoms with Gasteiger partial charge in [-0.2, -0.15) is 5.10 Å². The predicted molar refractivity (Wildman–Crippen MR) is 50.8 cm³/mol. The van der Waals surface area contributed by atoms with E-state index in [1.807, 2.05) is 0 Å². The monoisotopic (exact) mass is 192 g/mol. The molecule has 0 N–H and O–H groups in total. The Morgan fingerprint density at radius 2 is 2.21 bits per heavy atom. The van der Waals surface area contributed by atoms with Gasteiger partial charge >= 0.3 is 0 Å². The lowest BCUT2D eigenvalue weighted by Crippen LogP contribution is -1.93. The molecule has 0 atom stereocenters. The number of aromatic nitrogens is 2. The van der Waals surface area contributed by atoms with Gasteiger partial charge in [0, 0.05) is 18.0 Å². The number of aryl methyl sites for hydroxylation is 2. The summed E-state index contributed by atoms with van der Waals surface area (Å²) in [4.78, 5) is 10.7. The largest absolute Gasteiger partial charge is 0.298 e. The zero-order chi connectivity index (χ0) is 10.3. The SMILES string of the molecule is Cc1nn(C)c2c(F)ccc(C=O)c12. The van der Waals surface area contributed by atoms with Crippen LogP contribution in [0.4, 0.5) is 4.39 Å². The third kappa shape index (κ3) is 1.04. The van der Waals surface area contributed by atoms with Gasteiger partial charge in [0.2, 0.25) is 0 Å². The Hall–Kier alpha value is -1.71. The topological polar surface area (TPSA) is 34.9 Å². The minimum absolute atomic E-state index is 0.353. The summed E-state index contributed by atoms with van der Waals surface area (Å²) in [6.45, 7) is 1.76. The van der Waals surface area contributed by atoms with Crippen LogP contribution in [0.15, 0.2) is 12.1 Å². The molecule has 0 fully saturated rings. The summed E-state index contributed by atoms with van der Waals surface area (Å²) in [6, 6.07) is 2.76. The van der Waals surface area contributed by atoms with Gasteiger partial charge in [0.1, 0.15) is 11.3 Å². The molecule has 0 aliphatic carbocycles. The molecule has 0 saturated carbocycles. The van der Waals surface area contributed by atoms with E-state index >= 15 is 0 Å². The molecule has 0 bridgehead atoms. The van der Waals surface area contributed by atoms with Gasteiger partial charge in [0.25, 0.3) is 0 Å². The van der Waals surface area contributed by atoms with Crippen molar-refractivity contribution in [1.29, 1.82) is 0 Å². The van der Waals surface area contributed by atoms with Gasteiger partial charge in [0.05, 0.1) is 5.69 Å². The van der Waals surface area contributed by atoms with Crippen LogP contribution in [0.3, 0.4) is 0 Å². The summed E-state index contributed by atoms with van der Waals surface area (Å²) in [5.74, 6) is -0.353. The minimum atomic E-state index is -0.353. The van der Waals surface area contributed by atoms with Crippen molar-refractivity contribution in [2.45, 2.75) is 6.92 Å². The zero-order valence-corrected chi connectivity index (χ0v) is 7.91. The van der Waals surface area contributed by atoms with E-state index in [2.05, 4.69) is 5.10 Å². The average Bonchev–Trinajstić information content (AvgIpc) is 2.44. The molecule has 1 aromatic heterocycles. The third-order valence-corrected chi connectivity index (χ3v) is 2.27. The molecule has 0 saturated heterocycles. The number of hydrogen-bond donors (Lipinski definition) is 0. The van der Waals surface area contributed by atoms with Crippen LogP contribution in [0.2, 0.25) is 0 Å². The lowest BCUT2D eigenvalue weighted by atomic mass is 10.1. The quantitative estimate of drug-likeness (QED) is 0.646. The fraction of sp³-hybridized carbons (Fsp3) is 0.200. The molecule has 0 spiro atoms. The van der Waals surface area contributed by atoms with Crippen molar-refractivity contribution < 1.29 is 9.18 Å². The maximum absolute atomic E-state index is 13.4. The first-order chi connectivity index (χ1) is 6.65. The number of rotatable bonds is 1. The average molecular weight is 192 g/mol. The first-order valence-corrected chi connectivity index (χ1v) is 4.22. The standard InChI is InChI=1S/C10H9FN2O/c1-6-9-7(5-14)3-4-8(11)10(9)13(2)12-6/h3-5H,1-2H3. The minimum Gasteiger partial charge on any atom is -0.298 e. The summed E-state index contributed by atoms with van der Waals surface area (Å²) in [5, 5.41) is 4.68. The number of carbonyl (C=O) groups is 1. The van der Waals surface area contributed by atoms with E-state index < -0.39 is 0 Å². The van der Waals surface area contributed by atoms with E-state index in [1.54, 1.807) is 14.0 Å². The van der Waals surface area contributed by atoms with Gasteiger partial charge in [-0.25, -0.2) is 4.39 Å². The second-order valence-corrected chi connectivity index (χ2v) is 3.19. The predicted octanol–water partition coefficient (Wildman–Crippen LogP) is 1.83. The molecule has 0 aliphatic heterocycles. The van der Waals surface area contributed by atoms with Crippen LogP contribution >= 0.6 is 0 Å². The van der Waals surface area contributed by atoms with E-state index in [1.165, 1.54) is 16.8 Å². The van der Waals surface area contributed by atoms with E-state index in [0.717, 1.165) is 6.29 Å². The van der Waals surface area contributed by atoms with E-state index in [4.69, 9.17) is 0 Å². The highest BCUT2D eigenvalue weighted by Gasteiger charge is 2.12. The van der Waals surface area contributed by atoms with E-state index in [9.17, 15) is 9.18 Å². The van der Waals surface area contributed by atoms with Gasteiger partial charge in [0.15, 0.2) is 6.29 Å². The highest BCUT2D eigenvalue weighted by molar-refractivity contribution is 5.98. The Balaban J connectivity index is 3.01. The molecule has 0 aliphatic rings. The second kappa shape index (κ2) is 2.90. The molecule has 72 valence electrons. The highest BCUT2D eigenvalue weighted by Crippen LogP contribution is 2.23. The van der Waals surface area contributed by atoms with Crippen LogP contribution in [0.5, 0.6) is 0 Å². The van der Waals surface area contributed by atoms with Crippen LogP contribution in [-0.4, -0.2) is 16.1 Å². The summed E-state index contributed by atoms with van der Waals surface area (Å²) < 4.78 is 14.9. The molecule has 2 aromatic rings. The number of aldehydes is 1. The molecule has 1 aromatic carbocycles. The van der Waals surface area contributed by atoms with Crippen LogP contribution in [0.25, 0.3) is 10.9 Å². The lowest BCUT2D eigenvalue weighted by Gasteiger charge is -1.98. The number of fused-ring (bicyclic) bond motifs is 1. The molecule has 1 heterocycles. The Morgan fingerprint density at radius 3 is 2.86 bits per heavy atom. The van der Waals surface area contributed by atoms with Crippen molar-refractivity contribution in [1.82, 2.24) is 9.78 Å². The van der Waals surface area contributed by atoms with Crippen LogP contribution in [0, 0.1) is 12.7 Å². The van der Waals surface area contributed by atoms with Crippen molar-refractivity contribution in [2.75, 3.05) is 0 Å². The van der Waals surface area contributed by atoms with Crippen molar-refractivity contribution in [3.8, 4) is 0 Å². The molecule has 2 rings (SSSR count). The van der Waals surface area contributed by atoms with Gasteiger partial charge in [-0.3, -0.25) is 9.48 Å². The van der Waals surface area contributed by atoms with Gasteiger partial charge < -0.3 is 0 Å². The first kappa shape index (κ1) is 8.87. The van der Waals surface area contributed by atoms with Gasteiger partial charge in [-0.15, -0.1) is 0 Å². The number of nitrogens with zero attached hydrogens (tertiary/aromatic N) is 2. The van der Waals surface area contributed by atoms with Crippen molar-refractivity contribution >= 4 is 17.2 Å². The molecule has 4 heteroatoms. The third-order valence-electron chi connectivity index (χ3n) is 2.27. The van der Waals surface area contributed by atoms with Gasteiger partial charge in [-0.05, 0) is 19.1 Å². The summed E-state index contributed by atoms with van der Waals surface area (Å²) >= 11 is 0. The maximum atomic E-state index is 13.4. The van der Waals surface area contributed by atoms with Gasteiger partial charge in [-0.1, -0.05) is 0 Å². The molecule has 0 amide bonds. The molecule has 0 radical (unpaired) electrons. The molecule has 14 heavy (non-hydrogen) atoms. The van der Waals surface area contributed by atoms with E-state index in [0.29, 0.717) is 22.2 Å². The van der Waals surface area contributed by atoms with Crippen LogP contribution < -0.4 is 0 Å². The molecule has 0 unspecified atom stereocenters. The first-order valence-electron chi connectivity index (χ1n) is 4.22. The Kier molecular flexibility index (Phi) is 1.84. The van der Waals surface area contributed by atoms with Crippen LogP contribution in [0.1, 0.15) is 16.1 Å². The van der Waals surface area contributed by atoms with Crippen molar-refractivity contribution in [3.05, 3.63) is 29.2 Å². The highest BCUT2D eigenvalue weighted by atomic mass is 19.1. The summed E-state index contributed by atoms with van der Waals surface area (Å²) in [6.07, 6.45) is 0.719.